The Labute approximate surface area is 123 Å². The molecule has 2 aliphatic rings. The van der Waals surface area contributed by atoms with Crippen LogP contribution in [0.5, 0.6) is 5.75 Å². The quantitative estimate of drug-likeness (QED) is 0.633. The molecule has 0 amide bonds. The first-order chi connectivity index (χ1) is 9.63. The number of likely N-dealkylation sites (N-methyl/N-ethyl adjacent to an activating group) is 1. The summed E-state index contributed by atoms with van der Waals surface area (Å²) in [5.41, 5.74) is 0.596. The molecule has 1 atom stereocenters. The largest absolute Gasteiger partial charge is 0.487 e. The molecule has 1 saturated heterocycles. The number of aliphatic imine (C=N–C) groups is 1. The Kier molecular flexibility index (Phi) is 3.55. The lowest BCUT2D eigenvalue weighted by molar-refractivity contribution is 0.208. The molecule has 1 aliphatic carbocycles. The van der Waals surface area contributed by atoms with Gasteiger partial charge in [-0.05, 0) is 44.0 Å². The number of carbonyl (C=O) groups excluding carboxylic acids is 1. The van der Waals surface area contributed by atoms with Crippen molar-refractivity contribution in [2.75, 3.05) is 20.1 Å². The van der Waals surface area contributed by atoms with E-state index in [0.717, 1.165) is 37.9 Å². The number of isocyanates is 1. The van der Waals surface area contributed by atoms with Gasteiger partial charge in [0, 0.05) is 13.1 Å². The molecule has 0 spiro atoms. The minimum Gasteiger partial charge on any atom is -0.487 e. The van der Waals surface area contributed by atoms with E-state index >= 15 is 0 Å². The van der Waals surface area contributed by atoms with Crippen molar-refractivity contribution in [2.24, 2.45) is 4.99 Å². The van der Waals surface area contributed by atoms with Crippen LogP contribution in [0.4, 0.5) is 0 Å². The summed E-state index contributed by atoms with van der Waals surface area (Å²) < 4.78 is 5.94. The summed E-state index contributed by atoms with van der Waals surface area (Å²) in [5.74, 6) is 0.710. The zero-order valence-electron chi connectivity index (χ0n) is 11.4. The standard InChI is InChI=1S/C15H17ClN2O2/c1-18-7-4-12(9-18)20-14-3-2-11(8-13(14)16)15(5-6-15)17-10-19/h2-3,8,12H,4-7,9H2,1H3. The Morgan fingerprint density at radius 1 is 1.50 bits per heavy atom. The van der Waals surface area contributed by atoms with Gasteiger partial charge >= 0.3 is 0 Å². The number of likely N-dealkylation sites (tertiary alicyclic amines) is 1. The van der Waals surface area contributed by atoms with Crippen molar-refractivity contribution in [1.82, 2.24) is 4.90 Å². The first kappa shape index (κ1) is 13.6. The highest BCUT2D eigenvalue weighted by Crippen LogP contribution is 2.50. The summed E-state index contributed by atoms with van der Waals surface area (Å²) >= 11 is 6.30. The smallest absolute Gasteiger partial charge is 0.235 e. The molecule has 0 bridgehead atoms. The molecule has 1 aliphatic heterocycles. The average molecular weight is 293 g/mol. The van der Waals surface area contributed by atoms with Crippen LogP contribution in [-0.4, -0.2) is 37.2 Å². The summed E-state index contributed by atoms with van der Waals surface area (Å²) in [6.45, 7) is 1.98. The van der Waals surface area contributed by atoms with Gasteiger partial charge in [0.2, 0.25) is 6.08 Å². The van der Waals surface area contributed by atoms with E-state index < -0.39 is 0 Å². The van der Waals surface area contributed by atoms with Crippen molar-refractivity contribution >= 4 is 17.7 Å². The molecule has 1 saturated carbocycles. The van der Waals surface area contributed by atoms with E-state index in [4.69, 9.17) is 16.3 Å². The third-order valence-corrected chi connectivity index (χ3v) is 4.39. The van der Waals surface area contributed by atoms with Gasteiger partial charge in [0.15, 0.2) is 0 Å². The van der Waals surface area contributed by atoms with Crippen molar-refractivity contribution in [3.63, 3.8) is 0 Å². The Morgan fingerprint density at radius 3 is 2.85 bits per heavy atom. The molecule has 1 aromatic carbocycles. The van der Waals surface area contributed by atoms with Gasteiger partial charge in [-0.15, -0.1) is 0 Å². The molecule has 20 heavy (non-hydrogen) atoms. The maximum Gasteiger partial charge on any atom is 0.235 e. The molecule has 5 heteroatoms. The average Bonchev–Trinajstić information content (AvgIpc) is 3.09. The number of benzene rings is 1. The Bertz CT molecular complexity index is 565. The van der Waals surface area contributed by atoms with E-state index in [1.165, 1.54) is 0 Å². The first-order valence-corrected chi connectivity index (χ1v) is 7.25. The van der Waals surface area contributed by atoms with Crippen molar-refractivity contribution in [3.8, 4) is 5.75 Å². The van der Waals surface area contributed by atoms with E-state index in [2.05, 4.69) is 16.9 Å². The number of rotatable bonds is 4. The zero-order valence-corrected chi connectivity index (χ0v) is 12.2. The lowest BCUT2D eigenvalue weighted by Gasteiger charge is -2.16. The number of ether oxygens (including phenoxy) is 1. The fraction of sp³-hybridized carbons (Fsp3) is 0.533. The molecule has 0 N–H and O–H groups in total. The van der Waals surface area contributed by atoms with Crippen LogP contribution in [0.15, 0.2) is 23.2 Å². The van der Waals surface area contributed by atoms with Crippen molar-refractivity contribution in [3.05, 3.63) is 28.8 Å². The molecule has 0 radical (unpaired) electrons. The maximum atomic E-state index is 10.5. The number of hydrogen-bond donors (Lipinski definition) is 0. The van der Waals surface area contributed by atoms with Crippen molar-refractivity contribution < 1.29 is 9.53 Å². The van der Waals surface area contributed by atoms with E-state index in [0.29, 0.717) is 10.8 Å². The van der Waals surface area contributed by atoms with E-state index in [1.54, 1.807) is 6.08 Å². The van der Waals surface area contributed by atoms with Gasteiger partial charge in [-0.2, -0.15) is 4.99 Å². The molecule has 1 heterocycles. The fourth-order valence-electron chi connectivity index (χ4n) is 2.73. The van der Waals surface area contributed by atoms with Crippen LogP contribution in [0.3, 0.4) is 0 Å². The third-order valence-electron chi connectivity index (χ3n) is 4.09. The van der Waals surface area contributed by atoms with Gasteiger partial charge in [-0.3, -0.25) is 0 Å². The predicted octanol–water partition coefficient (Wildman–Crippen LogP) is 2.75. The molecule has 4 nitrogen and oxygen atoms in total. The lowest BCUT2D eigenvalue weighted by atomic mass is 10.1. The van der Waals surface area contributed by atoms with Gasteiger partial charge < -0.3 is 9.64 Å². The maximum absolute atomic E-state index is 10.5. The molecule has 106 valence electrons. The second kappa shape index (κ2) is 5.21. The van der Waals surface area contributed by atoms with Crippen LogP contribution in [0.1, 0.15) is 24.8 Å². The molecule has 1 aromatic rings. The normalized spacial score (nSPS) is 24.2. The predicted molar refractivity (Wildman–Crippen MR) is 77.0 cm³/mol. The Hall–Kier alpha value is -1.35. The third kappa shape index (κ3) is 2.59. The van der Waals surface area contributed by atoms with Crippen LogP contribution in [0.2, 0.25) is 5.02 Å². The highest BCUT2D eigenvalue weighted by Gasteiger charge is 2.45. The number of halogens is 1. The van der Waals surface area contributed by atoms with Crippen LogP contribution >= 0.6 is 11.6 Å². The zero-order chi connectivity index (χ0) is 14.2. The van der Waals surface area contributed by atoms with Gasteiger partial charge in [-0.25, -0.2) is 4.79 Å². The SMILES string of the molecule is CN1CCC(Oc2ccc(C3(N=C=O)CC3)cc2Cl)C1. The second-order valence-corrected chi connectivity index (χ2v) is 6.08. The van der Waals surface area contributed by atoms with E-state index in [9.17, 15) is 4.79 Å². The number of nitrogens with zero attached hydrogens (tertiary/aromatic N) is 2. The van der Waals surface area contributed by atoms with Crippen LogP contribution in [0, 0.1) is 0 Å². The Balaban J connectivity index is 1.76. The van der Waals surface area contributed by atoms with Crippen molar-refractivity contribution in [2.45, 2.75) is 30.9 Å². The fourth-order valence-corrected chi connectivity index (χ4v) is 2.95. The summed E-state index contributed by atoms with van der Waals surface area (Å²) in [5, 5.41) is 0.587. The second-order valence-electron chi connectivity index (χ2n) is 5.67. The van der Waals surface area contributed by atoms with E-state index in [1.807, 2.05) is 18.2 Å². The van der Waals surface area contributed by atoms with Gasteiger partial charge in [0.1, 0.15) is 11.9 Å². The monoisotopic (exact) mass is 292 g/mol. The van der Waals surface area contributed by atoms with Gasteiger partial charge in [0.05, 0.1) is 10.6 Å². The van der Waals surface area contributed by atoms with Crippen LogP contribution in [-0.2, 0) is 10.3 Å². The molecule has 1 unspecified atom stereocenters. The minimum absolute atomic E-state index is 0.200. The Morgan fingerprint density at radius 2 is 2.30 bits per heavy atom. The van der Waals surface area contributed by atoms with Gasteiger partial charge in [0.25, 0.3) is 0 Å². The molecule has 3 rings (SSSR count). The lowest BCUT2D eigenvalue weighted by Crippen LogP contribution is -2.21. The minimum atomic E-state index is -0.377. The van der Waals surface area contributed by atoms with Crippen LogP contribution < -0.4 is 4.74 Å². The highest BCUT2D eigenvalue weighted by molar-refractivity contribution is 6.32. The van der Waals surface area contributed by atoms with Gasteiger partial charge in [-0.1, -0.05) is 17.7 Å². The summed E-state index contributed by atoms with van der Waals surface area (Å²) in [6, 6.07) is 5.70. The molecular formula is C15H17ClN2O2. The summed E-state index contributed by atoms with van der Waals surface area (Å²) in [4.78, 5) is 16.6. The highest BCUT2D eigenvalue weighted by atomic mass is 35.5. The summed E-state index contributed by atoms with van der Waals surface area (Å²) in [6.07, 6.45) is 4.65. The van der Waals surface area contributed by atoms with Crippen LogP contribution in [0.25, 0.3) is 0 Å². The van der Waals surface area contributed by atoms with E-state index in [-0.39, 0.29) is 11.6 Å². The summed E-state index contributed by atoms with van der Waals surface area (Å²) in [7, 11) is 2.09. The molecule has 2 fully saturated rings. The topological polar surface area (TPSA) is 41.9 Å². The first-order valence-electron chi connectivity index (χ1n) is 6.87. The molecule has 0 aromatic heterocycles. The van der Waals surface area contributed by atoms with Crippen molar-refractivity contribution in [1.29, 1.82) is 0 Å². The number of hydrogen-bond acceptors (Lipinski definition) is 4. The molecular weight excluding hydrogens is 276 g/mol.